The maximum atomic E-state index is 12.2. The molecule has 1 amide bonds. The smallest absolute Gasteiger partial charge is 0.240 e. The predicted octanol–water partition coefficient (Wildman–Crippen LogP) is 2.21. The van der Waals surface area contributed by atoms with E-state index in [0.717, 1.165) is 41.8 Å². The van der Waals surface area contributed by atoms with E-state index in [9.17, 15) is 13.2 Å². The third kappa shape index (κ3) is 4.73. The number of nitrogens with zero attached hydrogens (tertiary/aromatic N) is 1. The van der Waals surface area contributed by atoms with Gasteiger partial charge in [-0.05, 0) is 37.5 Å². The highest BCUT2D eigenvalue weighted by atomic mass is 32.2. The third-order valence-corrected chi connectivity index (χ3v) is 5.09. The van der Waals surface area contributed by atoms with Crippen LogP contribution in [0.1, 0.15) is 37.7 Å². The number of sulfonamides is 1. The molecule has 0 aromatic heterocycles. The third-order valence-electron chi connectivity index (χ3n) is 3.95. The van der Waals surface area contributed by atoms with Crippen LogP contribution in [0.25, 0.3) is 0 Å². The SMILES string of the molecule is Cc1cccc(N(CC(=O)NC2CCCCC2)S(C)(=O)=O)c1. The van der Waals surface area contributed by atoms with E-state index >= 15 is 0 Å². The number of carbonyl (C=O) groups is 1. The first-order valence-corrected chi connectivity index (χ1v) is 9.55. The molecule has 1 fully saturated rings. The Labute approximate surface area is 132 Å². The summed E-state index contributed by atoms with van der Waals surface area (Å²) in [6.07, 6.45) is 6.55. The van der Waals surface area contributed by atoms with E-state index < -0.39 is 10.0 Å². The van der Waals surface area contributed by atoms with Crippen molar-refractivity contribution in [2.75, 3.05) is 17.1 Å². The summed E-state index contributed by atoms with van der Waals surface area (Å²) >= 11 is 0. The van der Waals surface area contributed by atoms with E-state index in [1.54, 1.807) is 18.2 Å². The van der Waals surface area contributed by atoms with Crippen LogP contribution < -0.4 is 9.62 Å². The van der Waals surface area contributed by atoms with Gasteiger partial charge in [0.05, 0.1) is 11.9 Å². The Morgan fingerprint density at radius 3 is 2.55 bits per heavy atom. The lowest BCUT2D eigenvalue weighted by molar-refractivity contribution is -0.120. The van der Waals surface area contributed by atoms with Gasteiger partial charge in [-0.3, -0.25) is 9.10 Å². The number of nitrogens with one attached hydrogen (secondary N) is 1. The van der Waals surface area contributed by atoms with Crippen LogP contribution in [0.4, 0.5) is 5.69 Å². The molecule has 5 nitrogen and oxygen atoms in total. The van der Waals surface area contributed by atoms with Gasteiger partial charge in [0.2, 0.25) is 15.9 Å². The zero-order valence-electron chi connectivity index (χ0n) is 13.2. The van der Waals surface area contributed by atoms with Gasteiger partial charge in [0.25, 0.3) is 0 Å². The fourth-order valence-electron chi connectivity index (χ4n) is 2.83. The molecule has 0 radical (unpaired) electrons. The van der Waals surface area contributed by atoms with Crippen LogP contribution in [0.5, 0.6) is 0 Å². The van der Waals surface area contributed by atoms with Crippen LogP contribution in [0.2, 0.25) is 0 Å². The van der Waals surface area contributed by atoms with Gasteiger partial charge in [0.1, 0.15) is 6.54 Å². The second-order valence-electron chi connectivity index (χ2n) is 6.01. The van der Waals surface area contributed by atoms with Gasteiger partial charge in [-0.15, -0.1) is 0 Å². The Bertz CT molecular complexity index is 622. The second kappa shape index (κ2) is 7.13. The molecule has 1 aromatic rings. The number of anilines is 1. The van der Waals surface area contributed by atoms with Gasteiger partial charge in [-0.1, -0.05) is 31.4 Å². The van der Waals surface area contributed by atoms with Crippen molar-refractivity contribution in [3.8, 4) is 0 Å². The Hall–Kier alpha value is -1.56. The van der Waals surface area contributed by atoms with Crippen molar-refractivity contribution in [1.29, 1.82) is 0 Å². The Morgan fingerprint density at radius 2 is 1.95 bits per heavy atom. The van der Waals surface area contributed by atoms with Gasteiger partial charge in [-0.2, -0.15) is 0 Å². The molecule has 1 aliphatic rings. The van der Waals surface area contributed by atoms with Gasteiger partial charge < -0.3 is 5.32 Å². The minimum atomic E-state index is -3.50. The molecular weight excluding hydrogens is 300 g/mol. The Morgan fingerprint density at radius 1 is 1.27 bits per heavy atom. The summed E-state index contributed by atoms with van der Waals surface area (Å²) in [6, 6.07) is 7.35. The van der Waals surface area contributed by atoms with Gasteiger partial charge in [-0.25, -0.2) is 8.42 Å². The minimum Gasteiger partial charge on any atom is -0.352 e. The molecule has 1 N–H and O–H groups in total. The second-order valence-corrected chi connectivity index (χ2v) is 7.92. The molecule has 6 heteroatoms. The quantitative estimate of drug-likeness (QED) is 0.903. The number of rotatable bonds is 5. The number of amides is 1. The number of benzene rings is 1. The average molecular weight is 324 g/mol. The first-order valence-electron chi connectivity index (χ1n) is 7.70. The van der Waals surface area contributed by atoms with Crippen molar-refractivity contribution >= 4 is 21.6 Å². The first-order chi connectivity index (χ1) is 10.4. The monoisotopic (exact) mass is 324 g/mol. The van der Waals surface area contributed by atoms with Crippen LogP contribution in [0, 0.1) is 6.92 Å². The van der Waals surface area contributed by atoms with E-state index in [1.165, 1.54) is 6.42 Å². The Balaban J connectivity index is 2.08. The number of hydrogen-bond acceptors (Lipinski definition) is 3. The van der Waals surface area contributed by atoms with Crippen molar-refractivity contribution in [2.45, 2.75) is 45.1 Å². The Kier molecular flexibility index (Phi) is 5.45. The van der Waals surface area contributed by atoms with Gasteiger partial charge >= 0.3 is 0 Å². The molecule has 0 saturated heterocycles. The van der Waals surface area contributed by atoms with Crippen molar-refractivity contribution in [1.82, 2.24) is 5.32 Å². The standard InChI is InChI=1S/C16H24N2O3S/c1-13-7-6-10-15(11-13)18(22(2,20)21)12-16(19)17-14-8-4-3-5-9-14/h6-7,10-11,14H,3-5,8-9,12H2,1-2H3,(H,17,19). The fourth-order valence-corrected chi connectivity index (χ4v) is 3.68. The highest BCUT2D eigenvalue weighted by Gasteiger charge is 2.23. The van der Waals surface area contributed by atoms with Crippen LogP contribution in [-0.4, -0.2) is 33.2 Å². The van der Waals surface area contributed by atoms with E-state index in [-0.39, 0.29) is 18.5 Å². The summed E-state index contributed by atoms with van der Waals surface area (Å²) in [4.78, 5) is 12.2. The lowest BCUT2D eigenvalue weighted by Crippen LogP contribution is -2.44. The average Bonchev–Trinajstić information content (AvgIpc) is 2.44. The molecule has 0 bridgehead atoms. The number of hydrogen-bond donors (Lipinski definition) is 1. The van der Waals surface area contributed by atoms with E-state index in [0.29, 0.717) is 5.69 Å². The topological polar surface area (TPSA) is 66.5 Å². The van der Waals surface area contributed by atoms with Crippen LogP contribution in [-0.2, 0) is 14.8 Å². The summed E-state index contributed by atoms with van der Waals surface area (Å²) < 4.78 is 25.2. The minimum absolute atomic E-state index is 0.168. The van der Waals surface area contributed by atoms with E-state index in [1.807, 2.05) is 13.0 Å². The fraction of sp³-hybridized carbons (Fsp3) is 0.562. The molecule has 0 spiro atoms. The molecule has 0 aliphatic heterocycles. The van der Waals surface area contributed by atoms with Crippen LogP contribution in [0.3, 0.4) is 0 Å². The maximum absolute atomic E-state index is 12.2. The lowest BCUT2D eigenvalue weighted by atomic mass is 9.95. The summed E-state index contributed by atoms with van der Waals surface area (Å²) in [7, 11) is -3.50. The van der Waals surface area contributed by atoms with Crippen molar-refractivity contribution < 1.29 is 13.2 Å². The molecule has 1 aromatic carbocycles. The predicted molar refractivity (Wildman–Crippen MR) is 88.4 cm³/mol. The summed E-state index contributed by atoms with van der Waals surface area (Å²) in [6.45, 7) is 1.73. The lowest BCUT2D eigenvalue weighted by Gasteiger charge is -2.26. The normalized spacial score (nSPS) is 16.3. The van der Waals surface area contributed by atoms with Crippen molar-refractivity contribution in [2.24, 2.45) is 0 Å². The zero-order valence-corrected chi connectivity index (χ0v) is 14.0. The van der Waals surface area contributed by atoms with E-state index in [2.05, 4.69) is 5.32 Å². The van der Waals surface area contributed by atoms with Gasteiger partial charge in [0.15, 0.2) is 0 Å². The summed E-state index contributed by atoms with van der Waals surface area (Å²) in [5.74, 6) is -0.237. The summed E-state index contributed by atoms with van der Waals surface area (Å²) in [5.41, 5.74) is 1.49. The van der Waals surface area contributed by atoms with Crippen molar-refractivity contribution in [3.63, 3.8) is 0 Å². The molecular formula is C16H24N2O3S. The maximum Gasteiger partial charge on any atom is 0.240 e. The van der Waals surface area contributed by atoms with Crippen LogP contribution >= 0.6 is 0 Å². The van der Waals surface area contributed by atoms with E-state index in [4.69, 9.17) is 0 Å². The molecule has 1 aliphatic carbocycles. The molecule has 0 atom stereocenters. The molecule has 22 heavy (non-hydrogen) atoms. The molecule has 0 heterocycles. The molecule has 1 saturated carbocycles. The number of aryl methyl sites for hydroxylation is 1. The first kappa shape index (κ1) is 16.8. The zero-order chi connectivity index (χ0) is 16.2. The van der Waals surface area contributed by atoms with Gasteiger partial charge in [0, 0.05) is 6.04 Å². The largest absolute Gasteiger partial charge is 0.352 e. The molecule has 0 unspecified atom stereocenters. The molecule has 122 valence electrons. The highest BCUT2D eigenvalue weighted by Crippen LogP contribution is 2.20. The highest BCUT2D eigenvalue weighted by molar-refractivity contribution is 7.92. The summed E-state index contributed by atoms with van der Waals surface area (Å²) in [5, 5.41) is 2.96. The molecule has 2 rings (SSSR count). The van der Waals surface area contributed by atoms with Crippen LogP contribution in [0.15, 0.2) is 24.3 Å². The van der Waals surface area contributed by atoms with Crippen molar-refractivity contribution in [3.05, 3.63) is 29.8 Å². The number of carbonyl (C=O) groups excluding carboxylic acids is 1.